The van der Waals surface area contributed by atoms with Gasteiger partial charge in [0.15, 0.2) is 0 Å². The largest absolute Gasteiger partial charge is 0.327 e. The van der Waals surface area contributed by atoms with Crippen molar-refractivity contribution in [3.63, 3.8) is 0 Å². The molecule has 0 N–H and O–H groups in total. The summed E-state index contributed by atoms with van der Waals surface area (Å²) in [6.45, 7) is 0.612. The average Bonchev–Trinajstić information content (AvgIpc) is 2.17. The topological polar surface area (TPSA) is 39.4 Å². The zero-order chi connectivity index (χ0) is 8.39. The molecule has 2 heterocycles. The van der Waals surface area contributed by atoms with Crippen molar-refractivity contribution in [3.8, 4) is 6.07 Å². The van der Waals surface area contributed by atoms with E-state index in [-0.39, 0.29) is 0 Å². The van der Waals surface area contributed by atoms with Crippen LogP contribution in [-0.4, -0.2) is 17.8 Å². The molecule has 3 nitrogen and oxygen atoms in total. The molecule has 2 aliphatic heterocycles. The highest BCUT2D eigenvalue weighted by Gasteiger charge is 2.13. The van der Waals surface area contributed by atoms with Crippen molar-refractivity contribution in [1.82, 2.24) is 4.90 Å². The van der Waals surface area contributed by atoms with Crippen molar-refractivity contribution in [2.45, 2.75) is 0 Å². The maximum atomic E-state index is 8.75. The summed E-state index contributed by atoms with van der Waals surface area (Å²) < 4.78 is 0. The lowest BCUT2D eigenvalue weighted by Crippen LogP contribution is -2.22. The first kappa shape index (κ1) is 6.86. The van der Waals surface area contributed by atoms with E-state index < -0.39 is 0 Å². The number of allylic oxidation sites excluding steroid dienone is 4. The zero-order valence-corrected chi connectivity index (χ0v) is 6.44. The molecule has 0 spiro atoms. The first-order valence-electron chi connectivity index (χ1n) is 3.67. The Morgan fingerprint density at radius 2 is 2.42 bits per heavy atom. The van der Waals surface area contributed by atoms with Gasteiger partial charge in [0.2, 0.25) is 0 Å². The number of hydrogen-bond donors (Lipinski definition) is 0. The van der Waals surface area contributed by atoms with Crippen LogP contribution in [0.2, 0.25) is 0 Å². The molecule has 0 aromatic heterocycles. The Kier molecular flexibility index (Phi) is 1.52. The van der Waals surface area contributed by atoms with E-state index in [1.165, 1.54) is 0 Å². The second-order valence-electron chi connectivity index (χ2n) is 2.53. The highest BCUT2D eigenvalue weighted by molar-refractivity contribution is 5.86. The summed E-state index contributed by atoms with van der Waals surface area (Å²) in [5.41, 5.74) is 1.57. The van der Waals surface area contributed by atoms with E-state index in [1.807, 2.05) is 29.3 Å². The minimum absolute atomic E-state index is 0.612. The molecule has 3 heteroatoms. The average molecular weight is 157 g/mol. The Labute approximate surface area is 70.6 Å². The minimum Gasteiger partial charge on any atom is -0.327 e. The first-order chi connectivity index (χ1) is 5.92. The third-order valence-corrected chi connectivity index (χ3v) is 1.79. The standard InChI is InChI=1S/C9H7N3/c10-5-8-6-11-7-12-4-2-1-3-9(8)12/h1-4,6H,7H2. The van der Waals surface area contributed by atoms with Gasteiger partial charge in [-0.3, -0.25) is 4.99 Å². The minimum atomic E-state index is 0.612. The van der Waals surface area contributed by atoms with Crippen LogP contribution in [0.15, 0.2) is 40.7 Å². The molecule has 0 saturated heterocycles. The maximum Gasteiger partial charge on any atom is 0.114 e. The van der Waals surface area contributed by atoms with Crippen LogP contribution in [0.25, 0.3) is 0 Å². The van der Waals surface area contributed by atoms with Crippen LogP contribution in [-0.2, 0) is 0 Å². The molecule has 0 radical (unpaired) electrons. The number of aliphatic imine (C=N–C) groups is 1. The van der Waals surface area contributed by atoms with E-state index in [0.717, 1.165) is 5.70 Å². The van der Waals surface area contributed by atoms with Gasteiger partial charge in [-0.2, -0.15) is 5.26 Å². The van der Waals surface area contributed by atoms with E-state index in [0.29, 0.717) is 12.2 Å². The van der Waals surface area contributed by atoms with Crippen molar-refractivity contribution in [2.75, 3.05) is 6.67 Å². The summed E-state index contributed by atoms with van der Waals surface area (Å²) in [5, 5.41) is 8.75. The van der Waals surface area contributed by atoms with Gasteiger partial charge in [-0.1, -0.05) is 6.08 Å². The fourth-order valence-electron chi connectivity index (χ4n) is 1.22. The lowest BCUT2D eigenvalue weighted by molar-refractivity contribution is 0.485. The molecule has 58 valence electrons. The molecule has 0 amide bonds. The van der Waals surface area contributed by atoms with Gasteiger partial charge in [0, 0.05) is 12.4 Å². The predicted molar refractivity (Wildman–Crippen MR) is 46.1 cm³/mol. The number of nitriles is 1. The molecular weight excluding hydrogens is 150 g/mol. The van der Waals surface area contributed by atoms with E-state index in [1.54, 1.807) is 6.21 Å². The second kappa shape index (κ2) is 2.67. The van der Waals surface area contributed by atoms with Gasteiger partial charge in [-0.15, -0.1) is 0 Å². The molecule has 12 heavy (non-hydrogen) atoms. The summed E-state index contributed by atoms with van der Waals surface area (Å²) in [4.78, 5) is 5.99. The summed E-state index contributed by atoms with van der Waals surface area (Å²) in [6, 6.07) is 2.11. The van der Waals surface area contributed by atoms with Gasteiger partial charge >= 0.3 is 0 Å². The van der Waals surface area contributed by atoms with E-state index in [2.05, 4.69) is 11.1 Å². The Morgan fingerprint density at radius 1 is 1.50 bits per heavy atom. The van der Waals surface area contributed by atoms with Crippen LogP contribution in [0.4, 0.5) is 0 Å². The Balaban J connectivity index is 2.48. The monoisotopic (exact) mass is 157 g/mol. The molecule has 0 bridgehead atoms. The quantitative estimate of drug-likeness (QED) is 0.530. The van der Waals surface area contributed by atoms with Crippen molar-refractivity contribution in [2.24, 2.45) is 4.99 Å². The lowest BCUT2D eigenvalue weighted by atomic mass is 10.1. The fraction of sp³-hybridized carbons (Fsp3) is 0.111. The molecule has 2 aliphatic rings. The van der Waals surface area contributed by atoms with Crippen molar-refractivity contribution < 1.29 is 0 Å². The zero-order valence-electron chi connectivity index (χ0n) is 6.44. The Hall–Kier alpha value is -1.82. The van der Waals surface area contributed by atoms with Gasteiger partial charge < -0.3 is 4.90 Å². The number of fused-ring (bicyclic) bond motifs is 1. The summed E-state index contributed by atoms with van der Waals surface area (Å²) in [7, 11) is 0. The van der Waals surface area contributed by atoms with Crippen LogP contribution in [0.5, 0.6) is 0 Å². The lowest BCUT2D eigenvalue weighted by Gasteiger charge is -2.24. The van der Waals surface area contributed by atoms with Crippen LogP contribution in [0.3, 0.4) is 0 Å². The number of nitrogens with zero attached hydrogens (tertiary/aromatic N) is 3. The van der Waals surface area contributed by atoms with Crippen molar-refractivity contribution >= 4 is 6.21 Å². The first-order valence-corrected chi connectivity index (χ1v) is 3.67. The maximum absolute atomic E-state index is 8.75. The van der Waals surface area contributed by atoms with Crippen LogP contribution >= 0.6 is 0 Å². The van der Waals surface area contributed by atoms with Crippen molar-refractivity contribution in [1.29, 1.82) is 5.26 Å². The molecule has 0 saturated carbocycles. The van der Waals surface area contributed by atoms with E-state index in [9.17, 15) is 0 Å². The number of hydrogen-bond acceptors (Lipinski definition) is 3. The SMILES string of the molecule is N#CC1=C2C=CC=CN2CN=C1. The van der Waals surface area contributed by atoms with Gasteiger partial charge in [0.05, 0.1) is 11.3 Å². The fourth-order valence-corrected chi connectivity index (χ4v) is 1.22. The second-order valence-corrected chi connectivity index (χ2v) is 2.53. The summed E-state index contributed by atoms with van der Waals surface area (Å²) in [5.74, 6) is 0. The molecule has 2 rings (SSSR count). The highest BCUT2D eigenvalue weighted by atomic mass is 15.2. The van der Waals surface area contributed by atoms with E-state index in [4.69, 9.17) is 5.26 Å². The third kappa shape index (κ3) is 0.940. The molecular formula is C9H7N3. The van der Waals surface area contributed by atoms with Crippen molar-refractivity contribution in [3.05, 3.63) is 35.7 Å². The summed E-state index contributed by atoms with van der Waals surface area (Å²) >= 11 is 0. The third-order valence-electron chi connectivity index (χ3n) is 1.79. The van der Waals surface area contributed by atoms with Crippen LogP contribution in [0.1, 0.15) is 0 Å². The smallest absolute Gasteiger partial charge is 0.114 e. The van der Waals surface area contributed by atoms with Gasteiger partial charge in [0.1, 0.15) is 12.7 Å². The highest BCUT2D eigenvalue weighted by Crippen LogP contribution is 2.18. The molecule has 0 unspecified atom stereocenters. The normalized spacial score (nSPS) is 19.4. The van der Waals surface area contributed by atoms with Gasteiger partial charge in [0.25, 0.3) is 0 Å². The Bertz CT molecular complexity index is 352. The van der Waals surface area contributed by atoms with Crippen LogP contribution in [0, 0.1) is 11.3 Å². The molecule has 0 aromatic rings. The Morgan fingerprint density at radius 3 is 3.25 bits per heavy atom. The molecule has 0 aliphatic carbocycles. The number of rotatable bonds is 0. The van der Waals surface area contributed by atoms with Crippen LogP contribution < -0.4 is 0 Å². The molecule has 0 aromatic carbocycles. The predicted octanol–water partition coefficient (Wildman–Crippen LogP) is 1.19. The summed E-state index contributed by atoms with van der Waals surface area (Å²) in [6.07, 6.45) is 9.31. The molecule has 0 fully saturated rings. The van der Waals surface area contributed by atoms with Gasteiger partial charge in [-0.25, -0.2) is 0 Å². The van der Waals surface area contributed by atoms with E-state index >= 15 is 0 Å². The molecule has 0 atom stereocenters. The van der Waals surface area contributed by atoms with Gasteiger partial charge in [-0.05, 0) is 12.2 Å².